The zero-order valence-corrected chi connectivity index (χ0v) is 15.5. The molecule has 2 aromatic rings. The standard InChI is InChI=1S/C21H23NO5/c1-14(21(24)22-18-8-3-4-9-19(18)25-2)27-20(23)13-26-17-11-10-15-6-5-7-16(15)12-17/h3-4,8-12,14H,5-7,13H2,1-2H3,(H,22,24)/t14-/m1/s1. The zero-order chi connectivity index (χ0) is 19.2. The second kappa shape index (κ2) is 8.58. The number of aryl methyl sites for hydroxylation is 2. The Labute approximate surface area is 158 Å². The topological polar surface area (TPSA) is 73.9 Å². The first kappa shape index (κ1) is 18.8. The lowest BCUT2D eigenvalue weighted by molar-refractivity contribution is -0.155. The maximum Gasteiger partial charge on any atom is 0.344 e. The molecule has 0 heterocycles. The summed E-state index contributed by atoms with van der Waals surface area (Å²) < 4.78 is 15.8. The maximum absolute atomic E-state index is 12.2. The van der Waals surface area contributed by atoms with Gasteiger partial charge in [0.25, 0.3) is 5.91 Å². The Kier molecular flexibility index (Phi) is 5.96. The maximum atomic E-state index is 12.2. The fourth-order valence-corrected chi connectivity index (χ4v) is 3.05. The monoisotopic (exact) mass is 369 g/mol. The Bertz CT molecular complexity index is 833. The molecular weight excluding hydrogens is 346 g/mol. The van der Waals surface area contributed by atoms with E-state index in [1.807, 2.05) is 18.2 Å². The molecule has 1 N–H and O–H groups in total. The van der Waals surface area contributed by atoms with Crippen LogP contribution in [0.15, 0.2) is 42.5 Å². The highest BCUT2D eigenvalue weighted by molar-refractivity contribution is 5.96. The molecule has 0 aliphatic heterocycles. The van der Waals surface area contributed by atoms with Crippen LogP contribution in [-0.4, -0.2) is 31.7 Å². The third-order valence-corrected chi connectivity index (χ3v) is 4.47. The summed E-state index contributed by atoms with van der Waals surface area (Å²) >= 11 is 0. The molecule has 0 saturated carbocycles. The molecule has 1 atom stereocenters. The number of esters is 1. The van der Waals surface area contributed by atoms with Crippen LogP contribution in [0.2, 0.25) is 0 Å². The van der Waals surface area contributed by atoms with Crippen molar-refractivity contribution in [2.45, 2.75) is 32.3 Å². The van der Waals surface area contributed by atoms with Crippen LogP contribution in [0, 0.1) is 0 Å². The molecular formula is C21H23NO5. The molecule has 0 unspecified atom stereocenters. The predicted molar refractivity (Wildman–Crippen MR) is 101 cm³/mol. The average Bonchev–Trinajstić information content (AvgIpc) is 3.14. The van der Waals surface area contributed by atoms with E-state index in [0.29, 0.717) is 17.2 Å². The minimum Gasteiger partial charge on any atom is -0.495 e. The van der Waals surface area contributed by atoms with E-state index in [9.17, 15) is 9.59 Å². The van der Waals surface area contributed by atoms with Gasteiger partial charge in [-0.3, -0.25) is 4.79 Å². The number of carbonyl (C=O) groups excluding carboxylic acids is 2. The van der Waals surface area contributed by atoms with E-state index in [1.165, 1.54) is 25.2 Å². The summed E-state index contributed by atoms with van der Waals surface area (Å²) in [4.78, 5) is 24.2. The zero-order valence-electron chi connectivity index (χ0n) is 15.5. The van der Waals surface area contributed by atoms with Crippen LogP contribution in [0.5, 0.6) is 11.5 Å². The number of amides is 1. The van der Waals surface area contributed by atoms with Crippen LogP contribution in [0.3, 0.4) is 0 Å². The van der Waals surface area contributed by atoms with Crippen molar-refractivity contribution in [1.82, 2.24) is 0 Å². The van der Waals surface area contributed by atoms with Gasteiger partial charge in [-0.15, -0.1) is 0 Å². The molecule has 1 aliphatic rings. The fourth-order valence-electron chi connectivity index (χ4n) is 3.05. The van der Waals surface area contributed by atoms with Crippen LogP contribution in [0.4, 0.5) is 5.69 Å². The Hall–Kier alpha value is -3.02. The van der Waals surface area contributed by atoms with Gasteiger partial charge >= 0.3 is 5.97 Å². The van der Waals surface area contributed by atoms with Gasteiger partial charge in [0, 0.05) is 0 Å². The van der Waals surface area contributed by atoms with E-state index in [-0.39, 0.29) is 6.61 Å². The Balaban J connectivity index is 1.49. The van der Waals surface area contributed by atoms with Crippen LogP contribution in [-0.2, 0) is 27.2 Å². The summed E-state index contributed by atoms with van der Waals surface area (Å²) in [5.74, 6) is 0.131. The molecule has 1 aliphatic carbocycles. The van der Waals surface area contributed by atoms with Crippen LogP contribution in [0.1, 0.15) is 24.5 Å². The SMILES string of the molecule is COc1ccccc1NC(=O)[C@@H](C)OC(=O)COc1ccc2c(c1)CCC2. The van der Waals surface area contributed by atoms with Gasteiger partial charge < -0.3 is 19.5 Å². The van der Waals surface area contributed by atoms with Crippen molar-refractivity contribution in [3.05, 3.63) is 53.6 Å². The first-order valence-electron chi connectivity index (χ1n) is 8.95. The van der Waals surface area contributed by atoms with Gasteiger partial charge in [0.1, 0.15) is 11.5 Å². The minimum atomic E-state index is -0.953. The van der Waals surface area contributed by atoms with Crippen molar-refractivity contribution >= 4 is 17.6 Å². The van der Waals surface area contributed by atoms with Gasteiger partial charge in [-0.05, 0) is 61.6 Å². The van der Waals surface area contributed by atoms with Crippen molar-refractivity contribution in [1.29, 1.82) is 0 Å². The molecule has 0 aromatic heterocycles. The number of anilines is 1. The van der Waals surface area contributed by atoms with E-state index in [1.54, 1.807) is 24.3 Å². The van der Waals surface area contributed by atoms with Crippen molar-refractivity contribution < 1.29 is 23.8 Å². The number of benzene rings is 2. The number of hydrogen-bond donors (Lipinski definition) is 1. The van der Waals surface area contributed by atoms with Gasteiger partial charge in [0.2, 0.25) is 0 Å². The van der Waals surface area contributed by atoms with Crippen molar-refractivity contribution in [3.63, 3.8) is 0 Å². The Morgan fingerprint density at radius 2 is 1.89 bits per heavy atom. The minimum absolute atomic E-state index is 0.245. The van der Waals surface area contributed by atoms with Gasteiger partial charge in [-0.25, -0.2) is 4.79 Å². The smallest absolute Gasteiger partial charge is 0.344 e. The molecule has 2 aromatic carbocycles. The van der Waals surface area contributed by atoms with Gasteiger partial charge in [-0.2, -0.15) is 0 Å². The molecule has 0 fully saturated rings. The largest absolute Gasteiger partial charge is 0.495 e. The van der Waals surface area contributed by atoms with E-state index in [2.05, 4.69) is 5.32 Å². The van der Waals surface area contributed by atoms with Crippen molar-refractivity contribution in [2.24, 2.45) is 0 Å². The summed E-state index contributed by atoms with van der Waals surface area (Å²) in [6.07, 6.45) is 2.33. The highest BCUT2D eigenvalue weighted by Gasteiger charge is 2.20. The van der Waals surface area contributed by atoms with Crippen LogP contribution >= 0.6 is 0 Å². The molecule has 0 radical (unpaired) electrons. The number of rotatable bonds is 7. The number of fused-ring (bicyclic) bond motifs is 1. The number of hydrogen-bond acceptors (Lipinski definition) is 5. The molecule has 6 nitrogen and oxygen atoms in total. The Morgan fingerprint density at radius 1 is 1.11 bits per heavy atom. The molecule has 6 heteroatoms. The van der Waals surface area contributed by atoms with E-state index in [0.717, 1.165) is 19.3 Å². The predicted octanol–water partition coefficient (Wildman–Crippen LogP) is 3.13. The van der Waals surface area contributed by atoms with E-state index in [4.69, 9.17) is 14.2 Å². The van der Waals surface area contributed by atoms with E-state index < -0.39 is 18.0 Å². The first-order valence-corrected chi connectivity index (χ1v) is 8.95. The van der Waals surface area contributed by atoms with E-state index >= 15 is 0 Å². The van der Waals surface area contributed by atoms with Gasteiger partial charge in [-0.1, -0.05) is 18.2 Å². The van der Waals surface area contributed by atoms with Crippen molar-refractivity contribution in [2.75, 3.05) is 19.0 Å². The molecule has 27 heavy (non-hydrogen) atoms. The molecule has 3 rings (SSSR count). The summed E-state index contributed by atoms with van der Waals surface area (Å²) in [5, 5.41) is 2.69. The number of nitrogens with one attached hydrogen (secondary N) is 1. The average molecular weight is 369 g/mol. The number of carbonyl (C=O) groups is 2. The molecule has 0 saturated heterocycles. The number of ether oxygens (including phenoxy) is 3. The lowest BCUT2D eigenvalue weighted by Crippen LogP contribution is -2.31. The quantitative estimate of drug-likeness (QED) is 0.759. The summed E-state index contributed by atoms with van der Waals surface area (Å²) in [6.45, 7) is 1.27. The summed E-state index contributed by atoms with van der Waals surface area (Å²) in [5.41, 5.74) is 3.12. The van der Waals surface area contributed by atoms with Crippen molar-refractivity contribution in [3.8, 4) is 11.5 Å². The van der Waals surface area contributed by atoms with Gasteiger partial charge in [0.15, 0.2) is 12.7 Å². The fraction of sp³-hybridized carbons (Fsp3) is 0.333. The lowest BCUT2D eigenvalue weighted by Gasteiger charge is -2.15. The third kappa shape index (κ3) is 4.78. The highest BCUT2D eigenvalue weighted by Crippen LogP contribution is 2.26. The van der Waals surface area contributed by atoms with Crippen LogP contribution in [0.25, 0.3) is 0 Å². The first-order chi connectivity index (χ1) is 13.1. The summed E-state index contributed by atoms with van der Waals surface area (Å²) in [7, 11) is 1.52. The lowest BCUT2D eigenvalue weighted by atomic mass is 10.1. The number of para-hydroxylation sites is 2. The summed E-state index contributed by atoms with van der Waals surface area (Å²) in [6, 6.07) is 12.9. The Morgan fingerprint density at radius 3 is 2.70 bits per heavy atom. The number of methoxy groups -OCH3 is 1. The molecule has 1 amide bonds. The molecule has 142 valence electrons. The van der Waals surface area contributed by atoms with Crippen LogP contribution < -0.4 is 14.8 Å². The van der Waals surface area contributed by atoms with Gasteiger partial charge in [0.05, 0.1) is 12.8 Å². The third-order valence-electron chi connectivity index (χ3n) is 4.47. The molecule has 0 bridgehead atoms. The normalized spacial score (nSPS) is 13.4. The second-order valence-corrected chi connectivity index (χ2v) is 6.39. The highest BCUT2D eigenvalue weighted by atomic mass is 16.6. The second-order valence-electron chi connectivity index (χ2n) is 6.39. The molecule has 0 spiro atoms.